The van der Waals surface area contributed by atoms with Crippen molar-refractivity contribution in [1.82, 2.24) is 9.78 Å². The number of hydrogen-bond donors (Lipinski definition) is 0. The summed E-state index contributed by atoms with van der Waals surface area (Å²) >= 11 is 1.72. The number of aryl methyl sites for hydroxylation is 1. The Morgan fingerprint density at radius 3 is 2.75 bits per heavy atom. The fourth-order valence-electron chi connectivity index (χ4n) is 1.66. The zero-order valence-electron chi connectivity index (χ0n) is 10.3. The average Bonchev–Trinajstić information content (AvgIpc) is 2.86. The summed E-state index contributed by atoms with van der Waals surface area (Å²) in [5.74, 6) is 0. The molecule has 0 saturated heterocycles. The van der Waals surface area contributed by atoms with Crippen LogP contribution < -0.4 is 0 Å². The molecule has 0 N–H and O–H groups in total. The van der Waals surface area contributed by atoms with Crippen molar-refractivity contribution < 1.29 is 0 Å². The second-order valence-electron chi connectivity index (χ2n) is 4.79. The minimum Gasteiger partial charge on any atom is -0.268 e. The van der Waals surface area contributed by atoms with E-state index in [1.54, 1.807) is 11.3 Å². The number of rotatable bonds is 3. The highest BCUT2D eigenvalue weighted by molar-refractivity contribution is 7.08. The highest BCUT2D eigenvalue weighted by Crippen LogP contribution is 2.30. The maximum Gasteiger partial charge on any atom is 0.0690 e. The normalized spacial score (nSPS) is 12.0. The first kappa shape index (κ1) is 11.4. The predicted molar refractivity (Wildman–Crippen MR) is 69.8 cm³/mol. The van der Waals surface area contributed by atoms with E-state index in [-0.39, 0.29) is 5.41 Å². The van der Waals surface area contributed by atoms with E-state index in [0.717, 1.165) is 6.42 Å². The van der Waals surface area contributed by atoms with E-state index in [1.807, 2.05) is 11.7 Å². The van der Waals surface area contributed by atoms with E-state index < -0.39 is 0 Å². The number of aromatic nitrogens is 2. The third kappa shape index (κ3) is 1.92. The first-order valence-corrected chi connectivity index (χ1v) is 6.56. The Morgan fingerprint density at radius 2 is 2.19 bits per heavy atom. The number of hydrogen-bond acceptors (Lipinski definition) is 2. The summed E-state index contributed by atoms with van der Waals surface area (Å²) in [6, 6.07) is 4.36. The van der Waals surface area contributed by atoms with E-state index in [2.05, 4.69) is 48.8 Å². The van der Waals surface area contributed by atoms with E-state index in [4.69, 9.17) is 0 Å². The summed E-state index contributed by atoms with van der Waals surface area (Å²) in [6.07, 6.45) is 1.10. The Balaban J connectivity index is 2.44. The lowest BCUT2D eigenvalue weighted by atomic mass is 9.86. The van der Waals surface area contributed by atoms with Crippen LogP contribution in [0.2, 0.25) is 0 Å². The van der Waals surface area contributed by atoms with Crippen LogP contribution in [0.5, 0.6) is 0 Å². The monoisotopic (exact) mass is 234 g/mol. The molecule has 0 aromatic carbocycles. The van der Waals surface area contributed by atoms with Crippen molar-refractivity contribution >= 4 is 11.3 Å². The van der Waals surface area contributed by atoms with Crippen LogP contribution >= 0.6 is 11.3 Å². The van der Waals surface area contributed by atoms with Gasteiger partial charge >= 0.3 is 0 Å². The van der Waals surface area contributed by atoms with E-state index in [0.29, 0.717) is 0 Å². The molecule has 0 aliphatic rings. The van der Waals surface area contributed by atoms with Gasteiger partial charge in [-0.1, -0.05) is 20.8 Å². The van der Waals surface area contributed by atoms with E-state index in [1.165, 1.54) is 17.0 Å². The fourth-order valence-corrected chi connectivity index (χ4v) is 2.31. The molecule has 0 unspecified atom stereocenters. The van der Waals surface area contributed by atoms with Gasteiger partial charge in [-0.2, -0.15) is 16.4 Å². The van der Waals surface area contributed by atoms with Crippen LogP contribution in [-0.2, 0) is 12.5 Å². The molecule has 2 aromatic heterocycles. The van der Waals surface area contributed by atoms with Crippen molar-refractivity contribution in [2.75, 3.05) is 0 Å². The van der Waals surface area contributed by atoms with Crippen LogP contribution in [0.3, 0.4) is 0 Å². The van der Waals surface area contributed by atoms with Gasteiger partial charge in [-0.15, -0.1) is 0 Å². The highest BCUT2D eigenvalue weighted by Gasteiger charge is 2.22. The average molecular weight is 234 g/mol. The molecule has 16 heavy (non-hydrogen) atoms. The van der Waals surface area contributed by atoms with Crippen LogP contribution in [0.4, 0.5) is 0 Å². The van der Waals surface area contributed by atoms with Crippen LogP contribution in [0, 0.1) is 0 Å². The summed E-state index contributed by atoms with van der Waals surface area (Å²) in [7, 11) is 2.02. The Morgan fingerprint density at radius 1 is 1.44 bits per heavy atom. The summed E-state index contributed by atoms with van der Waals surface area (Å²) in [5.41, 5.74) is 3.81. The molecule has 0 aliphatic carbocycles. The lowest BCUT2D eigenvalue weighted by Gasteiger charge is -2.19. The van der Waals surface area contributed by atoms with Crippen molar-refractivity contribution in [3.05, 3.63) is 28.6 Å². The number of nitrogens with zero attached hydrogens (tertiary/aromatic N) is 2. The molecule has 0 aliphatic heterocycles. The topological polar surface area (TPSA) is 17.8 Å². The largest absolute Gasteiger partial charge is 0.268 e. The smallest absolute Gasteiger partial charge is 0.0690 e. The Hall–Kier alpha value is -1.09. The van der Waals surface area contributed by atoms with Crippen LogP contribution in [0.25, 0.3) is 11.3 Å². The van der Waals surface area contributed by atoms with Gasteiger partial charge < -0.3 is 0 Å². The van der Waals surface area contributed by atoms with Gasteiger partial charge in [0.2, 0.25) is 0 Å². The lowest BCUT2D eigenvalue weighted by Crippen LogP contribution is -2.16. The second kappa shape index (κ2) is 4.06. The summed E-state index contributed by atoms with van der Waals surface area (Å²) in [5, 5.41) is 8.90. The first-order valence-electron chi connectivity index (χ1n) is 5.61. The number of thiophene rings is 1. The Labute approximate surface area is 101 Å². The van der Waals surface area contributed by atoms with Gasteiger partial charge in [-0.05, 0) is 23.9 Å². The van der Waals surface area contributed by atoms with Crippen LogP contribution in [0.15, 0.2) is 22.9 Å². The molecule has 0 amide bonds. The van der Waals surface area contributed by atoms with E-state index in [9.17, 15) is 0 Å². The van der Waals surface area contributed by atoms with Gasteiger partial charge in [0, 0.05) is 23.4 Å². The second-order valence-corrected chi connectivity index (χ2v) is 5.57. The van der Waals surface area contributed by atoms with Crippen molar-refractivity contribution in [2.45, 2.75) is 32.6 Å². The molecular formula is C13H18N2S. The molecule has 0 spiro atoms. The molecule has 2 nitrogen and oxygen atoms in total. The Bertz CT molecular complexity index is 466. The van der Waals surface area contributed by atoms with Crippen molar-refractivity contribution in [3.63, 3.8) is 0 Å². The zero-order valence-corrected chi connectivity index (χ0v) is 11.1. The van der Waals surface area contributed by atoms with Gasteiger partial charge in [0.25, 0.3) is 0 Å². The maximum absolute atomic E-state index is 4.63. The van der Waals surface area contributed by atoms with Gasteiger partial charge in [-0.25, -0.2) is 0 Å². The molecule has 2 heterocycles. The molecule has 2 aromatic rings. The van der Waals surface area contributed by atoms with E-state index >= 15 is 0 Å². The maximum atomic E-state index is 4.63. The van der Waals surface area contributed by atoms with Crippen molar-refractivity contribution in [1.29, 1.82) is 0 Å². The minimum absolute atomic E-state index is 0.159. The lowest BCUT2D eigenvalue weighted by molar-refractivity contribution is 0.482. The third-order valence-electron chi connectivity index (χ3n) is 3.27. The SMILES string of the molecule is CCC(C)(C)c1cc(-c2ccsc2)n(C)n1. The van der Waals surface area contributed by atoms with Gasteiger partial charge in [-0.3, -0.25) is 4.68 Å². The fraction of sp³-hybridized carbons (Fsp3) is 0.462. The summed E-state index contributed by atoms with van der Waals surface area (Å²) < 4.78 is 1.98. The van der Waals surface area contributed by atoms with Gasteiger partial charge in [0.15, 0.2) is 0 Å². The molecule has 0 radical (unpaired) electrons. The van der Waals surface area contributed by atoms with Crippen LogP contribution in [-0.4, -0.2) is 9.78 Å². The summed E-state index contributed by atoms with van der Waals surface area (Å²) in [6.45, 7) is 6.69. The van der Waals surface area contributed by atoms with Crippen LogP contribution in [0.1, 0.15) is 32.9 Å². The quantitative estimate of drug-likeness (QED) is 0.789. The molecule has 3 heteroatoms. The molecule has 0 bridgehead atoms. The molecule has 0 saturated carbocycles. The zero-order chi connectivity index (χ0) is 11.8. The summed E-state index contributed by atoms with van der Waals surface area (Å²) in [4.78, 5) is 0. The molecule has 2 rings (SSSR count). The first-order chi connectivity index (χ1) is 7.54. The molecular weight excluding hydrogens is 216 g/mol. The van der Waals surface area contributed by atoms with Gasteiger partial charge in [0.1, 0.15) is 0 Å². The Kier molecular flexibility index (Phi) is 2.89. The van der Waals surface area contributed by atoms with Crippen molar-refractivity contribution in [3.8, 4) is 11.3 Å². The highest BCUT2D eigenvalue weighted by atomic mass is 32.1. The van der Waals surface area contributed by atoms with Crippen molar-refractivity contribution in [2.24, 2.45) is 7.05 Å². The van der Waals surface area contributed by atoms with Gasteiger partial charge in [0.05, 0.1) is 11.4 Å². The molecule has 0 fully saturated rings. The molecule has 0 atom stereocenters. The third-order valence-corrected chi connectivity index (χ3v) is 3.96. The molecule has 86 valence electrons. The predicted octanol–water partition coefficient (Wildman–Crippen LogP) is 3.84. The standard InChI is InChI=1S/C13H18N2S/c1-5-13(2,3)12-8-11(15(4)14-12)10-6-7-16-9-10/h6-9H,5H2,1-4H3. The minimum atomic E-state index is 0.159.